The van der Waals surface area contributed by atoms with Crippen molar-refractivity contribution < 1.29 is 9.21 Å². The number of pyridine rings is 1. The predicted octanol–water partition coefficient (Wildman–Crippen LogP) is 4.35. The van der Waals surface area contributed by atoms with Crippen molar-refractivity contribution >= 4 is 34.3 Å². The van der Waals surface area contributed by atoms with Gasteiger partial charge in [0.25, 0.3) is 5.91 Å². The first kappa shape index (κ1) is 13.6. The van der Waals surface area contributed by atoms with Crippen molar-refractivity contribution in [3.63, 3.8) is 0 Å². The zero-order valence-corrected chi connectivity index (χ0v) is 12.4. The van der Waals surface area contributed by atoms with Crippen LogP contribution in [0.15, 0.2) is 40.9 Å². The van der Waals surface area contributed by atoms with Crippen molar-refractivity contribution in [2.24, 2.45) is 0 Å². The van der Waals surface area contributed by atoms with Gasteiger partial charge in [-0.3, -0.25) is 4.79 Å². The van der Waals surface area contributed by atoms with E-state index in [9.17, 15) is 4.79 Å². The Labute approximate surface area is 126 Å². The molecule has 2 aromatic heterocycles. The zero-order valence-electron chi connectivity index (χ0n) is 11.6. The minimum absolute atomic E-state index is 0.275. The number of halogens is 1. The fourth-order valence-corrected chi connectivity index (χ4v) is 2.36. The Hall–Kier alpha value is -2.33. The highest BCUT2D eigenvalue weighted by Crippen LogP contribution is 2.28. The molecule has 0 bridgehead atoms. The Morgan fingerprint density at radius 3 is 2.86 bits per heavy atom. The standard InChI is InChI=1S/C16H13ClN2O2/c1-9-4-3-7-18-15(9)19-16(20)14-10(2)12-8-11(17)5-6-13(12)21-14/h3-8H,1-2H3,(H,18,19,20). The number of aromatic nitrogens is 1. The van der Waals surface area contributed by atoms with Gasteiger partial charge in [0, 0.05) is 22.2 Å². The summed E-state index contributed by atoms with van der Waals surface area (Å²) in [4.78, 5) is 16.5. The van der Waals surface area contributed by atoms with E-state index in [-0.39, 0.29) is 11.7 Å². The number of benzene rings is 1. The Morgan fingerprint density at radius 2 is 2.10 bits per heavy atom. The van der Waals surface area contributed by atoms with E-state index in [4.69, 9.17) is 16.0 Å². The summed E-state index contributed by atoms with van der Waals surface area (Å²) in [6, 6.07) is 8.98. The van der Waals surface area contributed by atoms with Crippen LogP contribution in [0.25, 0.3) is 11.0 Å². The second-order valence-electron chi connectivity index (χ2n) is 4.82. The average molecular weight is 301 g/mol. The lowest BCUT2D eigenvalue weighted by Gasteiger charge is -2.05. The van der Waals surface area contributed by atoms with Crippen molar-refractivity contribution in [3.05, 3.63) is 58.4 Å². The molecule has 106 valence electrons. The minimum atomic E-state index is -0.318. The largest absolute Gasteiger partial charge is 0.451 e. The zero-order chi connectivity index (χ0) is 15.0. The first-order chi connectivity index (χ1) is 10.1. The van der Waals surface area contributed by atoms with Gasteiger partial charge in [-0.2, -0.15) is 0 Å². The molecule has 0 unspecified atom stereocenters. The molecule has 1 amide bonds. The maximum absolute atomic E-state index is 12.4. The van der Waals surface area contributed by atoms with Gasteiger partial charge in [-0.25, -0.2) is 4.98 Å². The van der Waals surface area contributed by atoms with Gasteiger partial charge in [-0.15, -0.1) is 0 Å². The summed E-state index contributed by atoms with van der Waals surface area (Å²) in [5.41, 5.74) is 2.29. The maximum Gasteiger partial charge on any atom is 0.292 e. The van der Waals surface area contributed by atoms with E-state index in [1.807, 2.05) is 26.0 Å². The summed E-state index contributed by atoms with van der Waals surface area (Å²) < 4.78 is 5.63. The number of fused-ring (bicyclic) bond motifs is 1. The number of amides is 1. The van der Waals surface area contributed by atoms with Crippen molar-refractivity contribution in [1.82, 2.24) is 4.98 Å². The van der Waals surface area contributed by atoms with Crippen molar-refractivity contribution in [2.45, 2.75) is 13.8 Å². The summed E-state index contributed by atoms with van der Waals surface area (Å²) in [5.74, 6) is 0.485. The van der Waals surface area contributed by atoms with E-state index in [2.05, 4.69) is 10.3 Å². The van der Waals surface area contributed by atoms with Gasteiger partial charge < -0.3 is 9.73 Å². The van der Waals surface area contributed by atoms with E-state index in [0.717, 1.165) is 16.5 Å². The molecule has 0 fully saturated rings. The lowest BCUT2D eigenvalue weighted by atomic mass is 10.1. The van der Waals surface area contributed by atoms with Gasteiger partial charge in [-0.1, -0.05) is 17.7 Å². The third-order valence-electron chi connectivity index (χ3n) is 3.35. The van der Waals surface area contributed by atoms with Gasteiger partial charge >= 0.3 is 0 Å². The van der Waals surface area contributed by atoms with Crippen LogP contribution in [0.1, 0.15) is 21.7 Å². The summed E-state index contributed by atoms with van der Waals surface area (Å²) in [5, 5.41) is 4.21. The molecule has 0 aliphatic carbocycles. The number of carbonyl (C=O) groups excluding carboxylic acids is 1. The average Bonchev–Trinajstić information content (AvgIpc) is 2.79. The van der Waals surface area contributed by atoms with Crippen LogP contribution in [0.4, 0.5) is 5.82 Å². The van der Waals surface area contributed by atoms with E-state index in [1.165, 1.54) is 0 Å². The van der Waals surface area contributed by atoms with Crippen LogP contribution < -0.4 is 5.32 Å². The molecule has 2 heterocycles. The number of anilines is 1. The van der Waals surface area contributed by atoms with E-state index in [1.54, 1.807) is 24.4 Å². The van der Waals surface area contributed by atoms with Gasteiger partial charge in [0.1, 0.15) is 11.4 Å². The molecule has 3 rings (SSSR count). The fraction of sp³-hybridized carbons (Fsp3) is 0.125. The fourth-order valence-electron chi connectivity index (χ4n) is 2.19. The molecular formula is C16H13ClN2O2. The van der Waals surface area contributed by atoms with E-state index < -0.39 is 0 Å². The summed E-state index contributed by atoms with van der Waals surface area (Å²) >= 11 is 5.98. The molecule has 0 saturated carbocycles. The van der Waals surface area contributed by atoms with Crippen LogP contribution >= 0.6 is 11.6 Å². The van der Waals surface area contributed by atoms with Crippen molar-refractivity contribution in [1.29, 1.82) is 0 Å². The highest BCUT2D eigenvalue weighted by atomic mass is 35.5. The number of hydrogen-bond donors (Lipinski definition) is 1. The molecule has 1 N–H and O–H groups in total. The highest BCUT2D eigenvalue weighted by molar-refractivity contribution is 6.31. The van der Waals surface area contributed by atoms with Gasteiger partial charge in [0.15, 0.2) is 5.76 Å². The molecule has 0 saturated heterocycles. The molecule has 0 aliphatic heterocycles. The molecular weight excluding hydrogens is 288 g/mol. The third kappa shape index (κ3) is 2.50. The third-order valence-corrected chi connectivity index (χ3v) is 3.58. The predicted molar refractivity (Wildman–Crippen MR) is 82.9 cm³/mol. The minimum Gasteiger partial charge on any atom is -0.451 e. The van der Waals surface area contributed by atoms with E-state index in [0.29, 0.717) is 16.4 Å². The number of furan rings is 1. The second-order valence-corrected chi connectivity index (χ2v) is 5.26. The number of nitrogens with zero attached hydrogens (tertiary/aromatic N) is 1. The number of rotatable bonds is 2. The Kier molecular flexibility index (Phi) is 3.39. The number of aryl methyl sites for hydroxylation is 2. The van der Waals surface area contributed by atoms with Gasteiger partial charge in [-0.05, 0) is 43.7 Å². The molecule has 0 radical (unpaired) electrons. The summed E-state index contributed by atoms with van der Waals surface area (Å²) in [7, 11) is 0. The normalized spacial score (nSPS) is 10.8. The van der Waals surface area contributed by atoms with Crippen molar-refractivity contribution in [2.75, 3.05) is 5.32 Å². The Bertz CT molecular complexity index is 839. The van der Waals surface area contributed by atoms with Crippen LogP contribution in [0.3, 0.4) is 0 Å². The molecule has 4 nitrogen and oxygen atoms in total. The van der Waals surface area contributed by atoms with E-state index >= 15 is 0 Å². The van der Waals surface area contributed by atoms with Gasteiger partial charge in [0.2, 0.25) is 0 Å². The maximum atomic E-state index is 12.4. The molecule has 21 heavy (non-hydrogen) atoms. The lowest BCUT2D eigenvalue weighted by Crippen LogP contribution is -2.14. The first-order valence-electron chi connectivity index (χ1n) is 6.48. The molecule has 3 aromatic rings. The topological polar surface area (TPSA) is 55.1 Å². The SMILES string of the molecule is Cc1cccnc1NC(=O)c1oc2ccc(Cl)cc2c1C. The highest BCUT2D eigenvalue weighted by Gasteiger charge is 2.18. The van der Waals surface area contributed by atoms with Gasteiger partial charge in [0.05, 0.1) is 0 Å². The van der Waals surface area contributed by atoms with Crippen LogP contribution in [0.2, 0.25) is 5.02 Å². The number of hydrogen-bond acceptors (Lipinski definition) is 3. The smallest absolute Gasteiger partial charge is 0.292 e. The number of nitrogens with one attached hydrogen (secondary N) is 1. The summed E-state index contributed by atoms with van der Waals surface area (Å²) in [6.45, 7) is 3.72. The molecule has 5 heteroatoms. The van der Waals surface area contributed by atoms with Crippen LogP contribution in [-0.2, 0) is 0 Å². The quantitative estimate of drug-likeness (QED) is 0.765. The molecule has 0 spiro atoms. The molecule has 1 aromatic carbocycles. The molecule has 0 aliphatic rings. The monoisotopic (exact) mass is 300 g/mol. The number of carbonyl (C=O) groups is 1. The first-order valence-corrected chi connectivity index (χ1v) is 6.85. The lowest BCUT2D eigenvalue weighted by molar-refractivity contribution is 0.0997. The Balaban J connectivity index is 1.99. The van der Waals surface area contributed by atoms with Crippen molar-refractivity contribution in [3.8, 4) is 0 Å². The Morgan fingerprint density at radius 1 is 1.29 bits per heavy atom. The van der Waals surface area contributed by atoms with Crippen LogP contribution in [-0.4, -0.2) is 10.9 Å². The second kappa shape index (κ2) is 5.22. The molecule has 0 atom stereocenters. The van der Waals surface area contributed by atoms with Crippen LogP contribution in [0, 0.1) is 13.8 Å². The van der Waals surface area contributed by atoms with Crippen LogP contribution in [0.5, 0.6) is 0 Å². The summed E-state index contributed by atoms with van der Waals surface area (Å²) in [6.07, 6.45) is 1.63.